The van der Waals surface area contributed by atoms with Crippen LogP contribution >= 0.6 is 0 Å². The Morgan fingerprint density at radius 2 is 1.96 bits per heavy atom. The Labute approximate surface area is 153 Å². The number of halogens is 1. The van der Waals surface area contributed by atoms with Crippen LogP contribution in [0.4, 0.5) is 4.39 Å². The Morgan fingerprint density at radius 1 is 1.19 bits per heavy atom. The zero-order chi connectivity index (χ0) is 18.7. The summed E-state index contributed by atoms with van der Waals surface area (Å²) in [5.74, 6) is -0.135. The molecule has 1 atom stereocenters. The minimum atomic E-state index is -0.135. The van der Waals surface area contributed by atoms with Gasteiger partial charge < -0.3 is 10.3 Å². The highest BCUT2D eigenvalue weighted by Crippen LogP contribution is 2.14. The van der Waals surface area contributed by atoms with Crippen molar-refractivity contribution >= 4 is 11.0 Å². The van der Waals surface area contributed by atoms with Crippen molar-refractivity contribution in [1.82, 2.24) is 14.9 Å². The first-order chi connectivity index (χ1) is 12.4. The first-order valence-electron chi connectivity index (χ1n) is 9.10. The number of fused-ring (bicyclic) bond motifs is 1. The standard InChI is InChI=1S/C21H26FN3O/c1-14-6-7-17(12-18(14)22)11-15(2)23-10-4-5-16-8-9-20-19(13-16)24-21(26)25(20)3/h6-9,12-13,15,23H,4-5,10-11H2,1-3H3,(H,24,26). The molecule has 1 unspecified atom stereocenters. The molecule has 3 aromatic rings. The molecule has 3 rings (SSSR count). The monoisotopic (exact) mass is 355 g/mol. The van der Waals surface area contributed by atoms with E-state index in [-0.39, 0.29) is 11.5 Å². The molecule has 0 bridgehead atoms. The van der Waals surface area contributed by atoms with Gasteiger partial charge in [0.1, 0.15) is 5.82 Å². The number of aromatic nitrogens is 2. The third kappa shape index (κ3) is 4.22. The molecular weight excluding hydrogens is 329 g/mol. The van der Waals surface area contributed by atoms with Crippen molar-refractivity contribution in [2.24, 2.45) is 7.05 Å². The quantitative estimate of drug-likeness (QED) is 0.638. The molecule has 0 saturated carbocycles. The molecule has 5 heteroatoms. The second kappa shape index (κ2) is 7.87. The van der Waals surface area contributed by atoms with Crippen LogP contribution in [0.15, 0.2) is 41.2 Å². The average Bonchev–Trinajstić information content (AvgIpc) is 2.89. The van der Waals surface area contributed by atoms with Crippen LogP contribution < -0.4 is 11.0 Å². The molecule has 26 heavy (non-hydrogen) atoms. The van der Waals surface area contributed by atoms with E-state index < -0.39 is 0 Å². The Balaban J connectivity index is 1.47. The van der Waals surface area contributed by atoms with E-state index in [1.807, 2.05) is 18.2 Å². The number of hydrogen-bond acceptors (Lipinski definition) is 2. The van der Waals surface area contributed by atoms with Gasteiger partial charge in [-0.3, -0.25) is 4.57 Å². The molecule has 1 aromatic heterocycles. The van der Waals surface area contributed by atoms with Crippen LogP contribution in [0.2, 0.25) is 0 Å². The summed E-state index contributed by atoms with van der Waals surface area (Å²) in [4.78, 5) is 14.5. The number of benzene rings is 2. The van der Waals surface area contributed by atoms with Gasteiger partial charge in [0.2, 0.25) is 0 Å². The maximum absolute atomic E-state index is 13.6. The number of H-pyrrole nitrogens is 1. The van der Waals surface area contributed by atoms with Crippen LogP contribution in [-0.2, 0) is 19.9 Å². The summed E-state index contributed by atoms with van der Waals surface area (Å²) >= 11 is 0. The lowest BCUT2D eigenvalue weighted by Crippen LogP contribution is -2.29. The Bertz CT molecular complexity index is 958. The SMILES string of the molecule is Cc1ccc(CC(C)NCCCc2ccc3c(c2)[nH]c(=O)n3C)cc1F. The lowest BCUT2D eigenvalue weighted by molar-refractivity contribution is 0.532. The molecular formula is C21H26FN3O. The molecule has 0 radical (unpaired) electrons. The van der Waals surface area contributed by atoms with Gasteiger partial charge in [-0.2, -0.15) is 0 Å². The average molecular weight is 355 g/mol. The van der Waals surface area contributed by atoms with E-state index in [4.69, 9.17) is 0 Å². The molecule has 0 saturated heterocycles. The van der Waals surface area contributed by atoms with Crippen LogP contribution in [0.1, 0.15) is 30.0 Å². The van der Waals surface area contributed by atoms with Gasteiger partial charge in [-0.05, 0) is 74.5 Å². The van der Waals surface area contributed by atoms with E-state index >= 15 is 0 Å². The number of hydrogen-bond donors (Lipinski definition) is 2. The Morgan fingerprint density at radius 3 is 2.73 bits per heavy atom. The number of imidazole rings is 1. The van der Waals surface area contributed by atoms with Gasteiger partial charge in [0.05, 0.1) is 11.0 Å². The van der Waals surface area contributed by atoms with Crippen LogP contribution in [0.3, 0.4) is 0 Å². The summed E-state index contributed by atoms with van der Waals surface area (Å²) in [5, 5.41) is 3.50. The van der Waals surface area contributed by atoms with Crippen LogP contribution in [0, 0.1) is 12.7 Å². The minimum absolute atomic E-state index is 0.0832. The summed E-state index contributed by atoms with van der Waals surface area (Å²) in [5.41, 5.74) is 4.65. The van der Waals surface area contributed by atoms with Crippen LogP contribution in [0.25, 0.3) is 11.0 Å². The van der Waals surface area contributed by atoms with Gasteiger partial charge >= 0.3 is 5.69 Å². The minimum Gasteiger partial charge on any atom is -0.314 e. The predicted octanol–water partition coefficient (Wildman–Crippen LogP) is 3.47. The smallest absolute Gasteiger partial charge is 0.314 e. The van der Waals surface area contributed by atoms with Crippen molar-refractivity contribution in [3.63, 3.8) is 0 Å². The predicted molar refractivity (Wildman–Crippen MR) is 104 cm³/mol. The Kier molecular flexibility index (Phi) is 5.57. The fourth-order valence-corrected chi connectivity index (χ4v) is 3.27. The number of nitrogens with zero attached hydrogens (tertiary/aromatic N) is 1. The van der Waals surface area contributed by atoms with Crippen molar-refractivity contribution in [3.8, 4) is 0 Å². The molecule has 2 aromatic carbocycles. The molecule has 2 N–H and O–H groups in total. The maximum Gasteiger partial charge on any atom is 0.326 e. The van der Waals surface area contributed by atoms with Gasteiger partial charge in [-0.1, -0.05) is 18.2 Å². The molecule has 0 aliphatic heterocycles. The van der Waals surface area contributed by atoms with Crippen molar-refractivity contribution in [2.45, 2.75) is 39.2 Å². The molecule has 0 aliphatic carbocycles. The second-order valence-electron chi connectivity index (χ2n) is 7.09. The third-order valence-corrected chi connectivity index (χ3v) is 4.88. The molecule has 0 amide bonds. The lowest BCUT2D eigenvalue weighted by atomic mass is 10.0. The number of rotatable bonds is 7. The van der Waals surface area contributed by atoms with Crippen LogP contribution in [-0.4, -0.2) is 22.1 Å². The third-order valence-electron chi connectivity index (χ3n) is 4.88. The maximum atomic E-state index is 13.6. The van der Waals surface area contributed by atoms with E-state index in [0.29, 0.717) is 11.6 Å². The van der Waals surface area contributed by atoms with Crippen molar-refractivity contribution < 1.29 is 4.39 Å². The van der Waals surface area contributed by atoms with Crippen molar-refractivity contribution in [3.05, 3.63) is 69.4 Å². The fraction of sp³-hybridized carbons (Fsp3) is 0.381. The molecule has 0 aliphatic rings. The first kappa shape index (κ1) is 18.4. The number of nitrogens with one attached hydrogen (secondary N) is 2. The molecule has 0 fully saturated rings. The van der Waals surface area contributed by atoms with E-state index in [0.717, 1.165) is 42.4 Å². The Hall–Kier alpha value is -2.40. The summed E-state index contributed by atoms with van der Waals surface area (Å²) in [6.45, 7) is 4.81. The molecule has 0 spiro atoms. The van der Waals surface area contributed by atoms with Gasteiger partial charge in [-0.15, -0.1) is 0 Å². The molecule has 4 nitrogen and oxygen atoms in total. The summed E-state index contributed by atoms with van der Waals surface area (Å²) < 4.78 is 15.2. The largest absolute Gasteiger partial charge is 0.326 e. The van der Waals surface area contributed by atoms with Gasteiger partial charge in [0.25, 0.3) is 0 Å². The van der Waals surface area contributed by atoms with E-state index in [2.05, 4.69) is 29.4 Å². The van der Waals surface area contributed by atoms with E-state index in [1.165, 1.54) is 5.56 Å². The highest BCUT2D eigenvalue weighted by molar-refractivity contribution is 5.75. The lowest BCUT2D eigenvalue weighted by Gasteiger charge is -2.14. The summed E-state index contributed by atoms with van der Waals surface area (Å²) in [7, 11) is 1.77. The van der Waals surface area contributed by atoms with Crippen molar-refractivity contribution in [1.29, 1.82) is 0 Å². The summed E-state index contributed by atoms with van der Waals surface area (Å²) in [6, 6.07) is 11.9. The molecule has 138 valence electrons. The van der Waals surface area contributed by atoms with Gasteiger partial charge in [0.15, 0.2) is 0 Å². The van der Waals surface area contributed by atoms with Crippen molar-refractivity contribution in [2.75, 3.05) is 6.54 Å². The summed E-state index contributed by atoms with van der Waals surface area (Å²) in [6.07, 6.45) is 2.77. The number of aryl methyl sites for hydroxylation is 3. The topological polar surface area (TPSA) is 49.8 Å². The van der Waals surface area contributed by atoms with Gasteiger partial charge in [-0.25, -0.2) is 9.18 Å². The van der Waals surface area contributed by atoms with E-state index in [1.54, 1.807) is 24.6 Å². The first-order valence-corrected chi connectivity index (χ1v) is 9.10. The zero-order valence-corrected chi connectivity index (χ0v) is 15.6. The molecule has 1 heterocycles. The normalized spacial score (nSPS) is 12.6. The van der Waals surface area contributed by atoms with E-state index in [9.17, 15) is 9.18 Å². The second-order valence-corrected chi connectivity index (χ2v) is 7.09. The van der Waals surface area contributed by atoms with Gasteiger partial charge in [0, 0.05) is 13.1 Å². The fourth-order valence-electron chi connectivity index (χ4n) is 3.27. The highest BCUT2D eigenvalue weighted by Gasteiger charge is 2.06. The van der Waals surface area contributed by atoms with Crippen LogP contribution in [0.5, 0.6) is 0 Å². The zero-order valence-electron chi connectivity index (χ0n) is 15.6. The highest BCUT2D eigenvalue weighted by atomic mass is 19.1. The number of aromatic amines is 1.